The Hall–Kier alpha value is -1.06. The summed E-state index contributed by atoms with van der Waals surface area (Å²) in [6, 6.07) is 8.49. The summed E-state index contributed by atoms with van der Waals surface area (Å²) in [7, 11) is 1.96. The summed E-state index contributed by atoms with van der Waals surface area (Å²) in [5, 5.41) is 3.24. The van der Waals surface area contributed by atoms with Crippen LogP contribution in [0.25, 0.3) is 0 Å². The molecule has 0 radical (unpaired) electrons. The van der Waals surface area contributed by atoms with Crippen molar-refractivity contribution in [1.82, 2.24) is 5.32 Å². The van der Waals surface area contributed by atoms with Gasteiger partial charge in [0.15, 0.2) is 0 Å². The van der Waals surface area contributed by atoms with Gasteiger partial charge in [0.1, 0.15) is 11.9 Å². The van der Waals surface area contributed by atoms with Crippen molar-refractivity contribution in [3.05, 3.63) is 29.8 Å². The van der Waals surface area contributed by atoms with Gasteiger partial charge in [-0.25, -0.2) is 0 Å². The quantitative estimate of drug-likeness (QED) is 0.845. The lowest BCUT2D eigenvalue weighted by Gasteiger charge is -2.19. The normalized spacial score (nSPS) is 22.0. The molecule has 88 valence electrons. The van der Waals surface area contributed by atoms with Crippen LogP contribution in [-0.2, 0) is 4.74 Å². The highest BCUT2D eigenvalue weighted by Gasteiger charge is 2.19. The van der Waals surface area contributed by atoms with E-state index in [1.165, 1.54) is 5.56 Å². The molecule has 1 aromatic rings. The van der Waals surface area contributed by atoms with Crippen LogP contribution in [-0.4, -0.2) is 26.4 Å². The molecule has 0 aromatic heterocycles. The van der Waals surface area contributed by atoms with Crippen molar-refractivity contribution >= 4 is 0 Å². The molecular weight excluding hydrogens is 202 g/mol. The summed E-state index contributed by atoms with van der Waals surface area (Å²) in [5.74, 6) is 0.972. The smallest absolute Gasteiger partial charge is 0.124 e. The fourth-order valence-corrected chi connectivity index (χ4v) is 1.89. The Morgan fingerprint density at radius 2 is 2.25 bits per heavy atom. The summed E-state index contributed by atoms with van der Waals surface area (Å²) in [6.45, 7) is 3.66. The van der Waals surface area contributed by atoms with Gasteiger partial charge in [-0.1, -0.05) is 18.2 Å². The van der Waals surface area contributed by atoms with Gasteiger partial charge in [-0.15, -0.1) is 0 Å². The number of benzene rings is 1. The Balaban J connectivity index is 2.12. The maximum absolute atomic E-state index is 5.96. The molecular formula is C13H19NO2. The third-order valence-electron chi connectivity index (χ3n) is 3.00. The van der Waals surface area contributed by atoms with E-state index in [1.807, 2.05) is 25.2 Å². The van der Waals surface area contributed by atoms with E-state index < -0.39 is 0 Å². The van der Waals surface area contributed by atoms with Crippen LogP contribution in [0.1, 0.15) is 24.9 Å². The largest absolute Gasteiger partial charge is 0.488 e. The molecule has 1 N–H and O–H groups in total. The van der Waals surface area contributed by atoms with Crippen molar-refractivity contribution in [2.45, 2.75) is 25.5 Å². The van der Waals surface area contributed by atoms with Crippen molar-refractivity contribution < 1.29 is 9.47 Å². The second-order valence-corrected chi connectivity index (χ2v) is 4.15. The first-order valence-corrected chi connectivity index (χ1v) is 5.82. The van der Waals surface area contributed by atoms with Crippen molar-refractivity contribution in [2.24, 2.45) is 0 Å². The highest BCUT2D eigenvalue weighted by molar-refractivity contribution is 5.35. The first-order valence-electron chi connectivity index (χ1n) is 5.82. The predicted octanol–water partition coefficient (Wildman–Crippen LogP) is 2.13. The molecule has 1 heterocycles. The predicted molar refractivity (Wildman–Crippen MR) is 63.8 cm³/mol. The van der Waals surface area contributed by atoms with Gasteiger partial charge in [0, 0.05) is 18.0 Å². The van der Waals surface area contributed by atoms with Crippen LogP contribution in [0.4, 0.5) is 0 Å². The minimum atomic E-state index is 0.213. The van der Waals surface area contributed by atoms with Gasteiger partial charge in [-0.05, 0) is 20.0 Å². The van der Waals surface area contributed by atoms with Crippen molar-refractivity contribution in [2.75, 3.05) is 20.3 Å². The van der Waals surface area contributed by atoms with E-state index in [0.29, 0.717) is 12.6 Å². The van der Waals surface area contributed by atoms with Gasteiger partial charge in [0.25, 0.3) is 0 Å². The fraction of sp³-hybridized carbons (Fsp3) is 0.538. The van der Waals surface area contributed by atoms with Crippen molar-refractivity contribution in [3.8, 4) is 5.75 Å². The Kier molecular flexibility index (Phi) is 3.80. The molecule has 0 spiro atoms. The molecule has 1 aliphatic heterocycles. The van der Waals surface area contributed by atoms with E-state index in [2.05, 4.69) is 18.3 Å². The maximum Gasteiger partial charge on any atom is 0.124 e. The van der Waals surface area contributed by atoms with E-state index in [-0.39, 0.29) is 6.10 Å². The van der Waals surface area contributed by atoms with Gasteiger partial charge in [-0.2, -0.15) is 0 Å². The van der Waals surface area contributed by atoms with Gasteiger partial charge < -0.3 is 14.8 Å². The molecule has 3 heteroatoms. The Morgan fingerprint density at radius 3 is 2.94 bits per heavy atom. The van der Waals surface area contributed by atoms with Gasteiger partial charge in [0.2, 0.25) is 0 Å². The zero-order valence-corrected chi connectivity index (χ0v) is 9.90. The molecule has 2 rings (SSSR count). The fourth-order valence-electron chi connectivity index (χ4n) is 1.89. The molecule has 0 saturated carbocycles. The number of hydrogen-bond donors (Lipinski definition) is 1. The Morgan fingerprint density at radius 1 is 1.44 bits per heavy atom. The monoisotopic (exact) mass is 221 g/mol. The second-order valence-electron chi connectivity index (χ2n) is 4.15. The summed E-state index contributed by atoms with van der Waals surface area (Å²) in [5.41, 5.74) is 1.21. The number of rotatable bonds is 4. The van der Waals surface area contributed by atoms with Gasteiger partial charge in [-0.3, -0.25) is 0 Å². The molecule has 3 nitrogen and oxygen atoms in total. The second kappa shape index (κ2) is 5.32. The van der Waals surface area contributed by atoms with Crippen molar-refractivity contribution in [3.63, 3.8) is 0 Å². The summed E-state index contributed by atoms with van der Waals surface area (Å²) in [6.07, 6.45) is 1.20. The summed E-state index contributed by atoms with van der Waals surface area (Å²) < 4.78 is 11.3. The van der Waals surface area contributed by atoms with E-state index in [9.17, 15) is 0 Å². The minimum Gasteiger partial charge on any atom is -0.488 e. The van der Waals surface area contributed by atoms with Gasteiger partial charge in [0.05, 0.1) is 13.2 Å². The van der Waals surface area contributed by atoms with E-state index in [1.54, 1.807) is 0 Å². The minimum absolute atomic E-state index is 0.213. The summed E-state index contributed by atoms with van der Waals surface area (Å²) >= 11 is 0. The average Bonchev–Trinajstić information content (AvgIpc) is 2.82. The lowest BCUT2D eigenvalue weighted by Crippen LogP contribution is -2.19. The molecule has 1 fully saturated rings. The highest BCUT2D eigenvalue weighted by atomic mass is 16.5. The zero-order valence-electron chi connectivity index (χ0n) is 9.90. The van der Waals surface area contributed by atoms with E-state index in [4.69, 9.17) is 9.47 Å². The van der Waals surface area contributed by atoms with Crippen LogP contribution in [0, 0.1) is 0 Å². The topological polar surface area (TPSA) is 30.5 Å². The molecule has 2 atom stereocenters. The molecule has 1 aliphatic rings. The first kappa shape index (κ1) is 11.4. The SMILES string of the molecule is CNC(C)c1ccccc1OC1CCOC1. The molecule has 1 aromatic carbocycles. The molecule has 0 bridgehead atoms. The zero-order chi connectivity index (χ0) is 11.4. The Labute approximate surface area is 96.8 Å². The average molecular weight is 221 g/mol. The van der Waals surface area contributed by atoms with E-state index >= 15 is 0 Å². The lowest BCUT2D eigenvalue weighted by molar-refractivity contribution is 0.140. The molecule has 16 heavy (non-hydrogen) atoms. The van der Waals surface area contributed by atoms with Crippen LogP contribution in [0.15, 0.2) is 24.3 Å². The third-order valence-corrected chi connectivity index (χ3v) is 3.00. The number of para-hydroxylation sites is 1. The van der Waals surface area contributed by atoms with E-state index in [0.717, 1.165) is 18.8 Å². The van der Waals surface area contributed by atoms with Crippen LogP contribution in [0.5, 0.6) is 5.75 Å². The number of ether oxygens (including phenoxy) is 2. The first-order chi connectivity index (χ1) is 7.81. The Bertz CT molecular complexity index is 334. The molecule has 1 saturated heterocycles. The standard InChI is InChI=1S/C13H19NO2/c1-10(14-2)12-5-3-4-6-13(12)16-11-7-8-15-9-11/h3-6,10-11,14H,7-9H2,1-2H3. The van der Waals surface area contributed by atoms with Crippen LogP contribution >= 0.6 is 0 Å². The van der Waals surface area contributed by atoms with Crippen LogP contribution in [0.3, 0.4) is 0 Å². The number of nitrogens with one attached hydrogen (secondary N) is 1. The van der Waals surface area contributed by atoms with Crippen molar-refractivity contribution in [1.29, 1.82) is 0 Å². The highest BCUT2D eigenvalue weighted by Crippen LogP contribution is 2.26. The molecule has 0 aliphatic carbocycles. The lowest BCUT2D eigenvalue weighted by atomic mass is 10.1. The van der Waals surface area contributed by atoms with Crippen LogP contribution in [0.2, 0.25) is 0 Å². The molecule has 0 amide bonds. The third kappa shape index (κ3) is 2.54. The molecule has 2 unspecified atom stereocenters. The van der Waals surface area contributed by atoms with Crippen LogP contribution < -0.4 is 10.1 Å². The van der Waals surface area contributed by atoms with Gasteiger partial charge >= 0.3 is 0 Å². The maximum atomic E-state index is 5.96. The number of hydrogen-bond acceptors (Lipinski definition) is 3. The summed E-state index contributed by atoms with van der Waals surface area (Å²) in [4.78, 5) is 0.